The summed E-state index contributed by atoms with van der Waals surface area (Å²) >= 11 is 0. The molecule has 1 aromatic carbocycles. The summed E-state index contributed by atoms with van der Waals surface area (Å²) in [6.07, 6.45) is 6.30. The van der Waals surface area contributed by atoms with E-state index in [9.17, 15) is 0 Å². The van der Waals surface area contributed by atoms with E-state index in [0.717, 1.165) is 53.4 Å². The van der Waals surface area contributed by atoms with Gasteiger partial charge in [-0.25, -0.2) is 4.98 Å². The second-order valence-electron chi connectivity index (χ2n) is 6.77. The lowest BCUT2D eigenvalue weighted by Crippen LogP contribution is -2.37. The number of para-hydroxylation sites is 1. The molecule has 128 valence electrons. The standard InChI is InChI=1S/C21H24N4/c1-22-14-16-9-12-25(13-10-16)20-8-7-18(15-24-20)19-6-2-4-17-5-3-11-23-21(17)19/h2-8,11,15-16,22H,9-10,12-14H2,1H3. The minimum absolute atomic E-state index is 0.794. The van der Waals surface area contributed by atoms with Crippen LogP contribution >= 0.6 is 0 Å². The maximum absolute atomic E-state index is 4.74. The summed E-state index contributed by atoms with van der Waals surface area (Å²) in [6.45, 7) is 3.30. The molecular weight excluding hydrogens is 308 g/mol. The zero-order valence-corrected chi connectivity index (χ0v) is 14.7. The molecule has 3 aromatic rings. The Balaban J connectivity index is 1.54. The van der Waals surface area contributed by atoms with Crippen LogP contribution < -0.4 is 10.2 Å². The quantitative estimate of drug-likeness (QED) is 0.790. The molecule has 1 saturated heterocycles. The largest absolute Gasteiger partial charge is 0.357 e. The second kappa shape index (κ2) is 7.19. The molecular formula is C21H24N4. The molecule has 0 bridgehead atoms. The summed E-state index contributed by atoms with van der Waals surface area (Å²) in [6, 6.07) is 14.7. The van der Waals surface area contributed by atoms with Gasteiger partial charge in [-0.15, -0.1) is 0 Å². The molecule has 0 amide bonds. The lowest BCUT2D eigenvalue weighted by atomic mass is 9.97. The Morgan fingerprint density at radius 1 is 1.04 bits per heavy atom. The van der Waals surface area contributed by atoms with Crippen molar-refractivity contribution in [1.82, 2.24) is 15.3 Å². The molecule has 4 heteroatoms. The number of piperidine rings is 1. The number of nitrogens with zero attached hydrogens (tertiary/aromatic N) is 3. The van der Waals surface area contributed by atoms with Crippen LogP contribution in [0, 0.1) is 5.92 Å². The maximum atomic E-state index is 4.74. The Morgan fingerprint density at radius 3 is 2.64 bits per heavy atom. The van der Waals surface area contributed by atoms with Crippen LogP contribution in [0.1, 0.15) is 12.8 Å². The van der Waals surface area contributed by atoms with Crippen LogP contribution in [0.15, 0.2) is 54.9 Å². The van der Waals surface area contributed by atoms with Gasteiger partial charge in [-0.05, 0) is 50.6 Å². The van der Waals surface area contributed by atoms with Gasteiger partial charge >= 0.3 is 0 Å². The Bertz CT molecular complexity index is 831. The average molecular weight is 332 g/mol. The van der Waals surface area contributed by atoms with Crippen molar-refractivity contribution in [3.05, 3.63) is 54.9 Å². The molecule has 3 heterocycles. The smallest absolute Gasteiger partial charge is 0.128 e. The number of nitrogens with one attached hydrogen (secondary N) is 1. The molecule has 2 aromatic heterocycles. The fraction of sp³-hybridized carbons (Fsp3) is 0.333. The number of fused-ring (bicyclic) bond motifs is 1. The molecule has 0 unspecified atom stereocenters. The summed E-state index contributed by atoms with van der Waals surface area (Å²) < 4.78 is 0. The van der Waals surface area contributed by atoms with Crippen molar-refractivity contribution in [1.29, 1.82) is 0 Å². The van der Waals surface area contributed by atoms with Gasteiger partial charge in [0.2, 0.25) is 0 Å². The van der Waals surface area contributed by atoms with Crippen molar-refractivity contribution in [3.8, 4) is 11.1 Å². The van der Waals surface area contributed by atoms with Gasteiger partial charge in [0, 0.05) is 42.0 Å². The van der Waals surface area contributed by atoms with Gasteiger partial charge in [0.05, 0.1) is 5.52 Å². The van der Waals surface area contributed by atoms with Crippen LogP contribution in [0.4, 0.5) is 5.82 Å². The van der Waals surface area contributed by atoms with Gasteiger partial charge in [-0.1, -0.05) is 24.3 Å². The fourth-order valence-corrected chi connectivity index (χ4v) is 3.72. The monoisotopic (exact) mass is 332 g/mol. The number of hydrogen-bond acceptors (Lipinski definition) is 4. The highest BCUT2D eigenvalue weighted by atomic mass is 15.2. The zero-order valence-electron chi connectivity index (χ0n) is 14.7. The van der Waals surface area contributed by atoms with Crippen LogP contribution in [-0.2, 0) is 0 Å². The van der Waals surface area contributed by atoms with Crippen LogP contribution in [0.3, 0.4) is 0 Å². The zero-order chi connectivity index (χ0) is 17.1. The molecule has 1 aliphatic rings. The van der Waals surface area contributed by atoms with Gasteiger partial charge in [-0.2, -0.15) is 0 Å². The predicted octanol–water partition coefficient (Wildman–Crippen LogP) is 3.73. The first-order valence-corrected chi connectivity index (χ1v) is 9.05. The van der Waals surface area contributed by atoms with E-state index < -0.39 is 0 Å². The Labute approximate surface area is 148 Å². The van der Waals surface area contributed by atoms with Gasteiger partial charge < -0.3 is 10.2 Å². The lowest BCUT2D eigenvalue weighted by Gasteiger charge is -2.32. The summed E-state index contributed by atoms with van der Waals surface area (Å²) in [7, 11) is 2.04. The fourth-order valence-electron chi connectivity index (χ4n) is 3.72. The molecule has 0 saturated carbocycles. The number of pyridine rings is 2. The number of aromatic nitrogens is 2. The third-order valence-corrected chi connectivity index (χ3v) is 5.12. The number of benzene rings is 1. The van der Waals surface area contributed by atoms with Gasteiger partial charge in [-0.3, -0.25) is 4.98 Å². The molecule has 1 aliphatic heterocycles. The summed E-state index contributed by atoms with van der Waals surface area (Å²) in [5.74, 6) is 1.88. The van der Waals surface area contributed by atoms with E-state index in [1.165, 1.54) is 12.8 Å². The molecule has 4 nitrogen and oxygen atoms in total. The molecule has 1 fully saturated rings. The third-order valence-electron chi connectivity index (χ3n) is 5.12. The molecule has 1 N–H and O–H groups in total. The SMILES string of the molecule is CNCC1CCN(c2ccc(-c3cccc4cccnc34)cn2)CC1. The summed E-state index contributed by atoms with van der Waals surface area (Å²) in [5, 5.41) is 4.45. The molecule has 0 aliphatic carbocycles. The summed E-state index contributed by atoms with van der Waals surface area (Å²) in [5.41, 5.74) is 3.30. The first-order valence-electron chi connectivity index (χ1n) is 9.05. The highest BCUT2D eigenvalue weighted by Gasteiger charge is 2.19. The minimum Gasteiger partial charge on any atom is -0.357 e. The van der Waals surface area contributed by atoms with E-state index in [-0.39, 0.29) is 0 Å². The number of rotatable bonds is 4. The van der Waals surface area contributed by atoms with E-state index >= 15 is 0 Å². The van der Waals surface area contributed by atoms with Crippen LogP contribution in [0.2, 0.25) is 0 Å². The number of hydrogen-bond donors (Lipinski definition) is 1. The summed E-state index contributed by atoms with van der Waals surface area (Å²) in [4.78, 5) is 11.7. The first-order chi connectivity index (χ1) is 12.3. The number of anilines is 1. The van der Waals surface area contributed by atoms with E-state index in [1.807, 2.05) is 25.5 Å². The van der Waals surface area contributed by atoms with E-state index in [2.05, 4.69) is 51.6 Å². The van der Waals surface area contributed by atoms with Crippen molar-refractivity contribution in [3.63, 3.8) is 0 Å². The lowest BCUT2D eigenvalue weighted by molar-refractivity contribution is 0.392. The van der Waals surface area contributed by atoms with Crippen LogP contribution in [-0.4, -0.2) is 36.6 Å². The second-order valence-corrected chi connectivity index (χ2v) is 6.77. The van der Waals surface area contributed by atoms with Crippen molar-refractivity contribution in [2.24, 2.45) is 5.92 Å². The normalized spacial score (nSPS) is 15.6. The Hall–Kier alpha value is -2.46. The van der Waals surface area contributed by atoms with Gasteiger partial charge in [0.15, 0.2) is 0 Å². The molecule has 4 rings (SSSR count). The molecule has 25 heavy (non-hydrogen) atoms. The van der Waals surface area contributed by atoms with Crippen molar-refractivity contribution in [2.45, 2.75) is 12.8 Å². The van der Waals surface area contributed by atoms with Crippen molar-refractivity contribution >= 4 is 16.7 Å². The maximum Gasteiger partial charge on any atom is 0.128 e. The van der Waals surface area contributed by atoms with Crippen molar-refractivity contribution in [2.75, 3.05) is 31.6 Å². The Morgan fingerprint density at radius 2 is 1.88 bits per heavy atom. The predicted molar refractivity (Wildman–Crippen MR) is 104 cm³/mol. The van der Waals surface area contributed by atoms with E-state index in [1.54, 1.807) is 0 Å². The van der Waals surface area contributed by atoms with Crippen molar-refractivity contribution < 1.29 is 0 Å². The van der Waals surface area contributed by atoms with E-state index in [4.69, 9.17) is 4.98 Å². The average Bonchev–Trinajstić information content (AvgIpc) is 2.69. The molecule has 0 radical (unpaired) electrons. The van der Waals surface area contributed by atoms with Crippen LogP contribution in [0.5, 0.6) is 0 Å². The highest BCUT2D eigenvalue weighted by molar-refractivity contribution is 5.93. The topological polar surface area (TPSA) is 41.0 Å². The minimum atomic E-state index is 0.794. The van der Waals surface area contributed by atoms with Gasteiger partial charge in [0.25, 0.3) is 0 Å². The highest BCUT2D eigenvalue weighted by Crippen LogP contribution is 2.28. The molecule has 0 atom stereocenters. The van der Waals surface area contributed by atoms with E-state index in [0.29, 0.717) is 0 Å². The van der Waals surface area contributed by atoms with Gasteiger partial charge in [0.1, 0.15) is 5.82 Å². The van der Waals surface area contributed by atoms with Crippen LogP contribution in [0.25, 0.3) is 22.0 Å². The Kier molecular flexibility index (Phi) is 4.61. The first kappa shape index (κ1) is 16.0. The molecule has 0 spiro atoms. The third kappa shape index (κ3) is 3.35.